The monoisotopic (exact) mass is 361 g/mol. The molecule has 4 nitrogen and oxygen atoms in total. The average molecular weight is 361 g/mol. The number of pyridine rings is 1. The Kier molecular flexibility index (Phi) is 4.99. The van der Waals surface area contributed by atoms with Gasteiger partial charge in [0.05, 0.1) is 5.52 Å². The first kappa shape index (κ1) is 17.8. The standard InChI is InChI=1S/C23H27N3O/c1-24(2)21-10-8-19-9-11-23(27)26(22(19)16-21)20-12-14-25(15-13-20)17-18-6-4-3-5-7-18/h3-11,16,20H,12-15,17H2,1-2H3. The summed E-state index contributed by atoms with van der Waals surface area (Å²) in [5.41, 5.74) is 3.65. The molecular formula is C23H27N3O. The molecule has 140 valence electrons. The van der Waals surface area contributed by atoms with E-state index in [9.17, 15) is 4.79 Å². The molecule has 1 aliphatic heterocycles. The molecule has 1 aliphatic rings. The smallest absolute Gasteiger partial charge is 0.251 e. The van der Waals surface area contributed by atoms with Gasteiger partial charge in [0, 0.05) is 51.5 Å². The van der Waals surface area contributed by atoms with Crippen LogP contribution in [0.3, 0.4) is 0 Å². The van der Waals surface area contributed by atoms with Crippen LogP contribution in [0.4, 0.5) is 5.69 Å². The van der Waals surface area contributed by atoms with Crippen molar-refractivity contribution >= 4 is 16.6 Å². The largest absolute Gasteiger partial charge is 0.378 e. The fraction of sp³-hybridized carbons (Fsp3) is 0.348. The van der Waals surface area contributed by atoms with Gasteiger partial charge in [-0.05, 0) is 42.0 Å². The first-order valence-corrected chi connectivity index (χ1v) is 9.71. The molecule has 0 saturated carbocycles. The maximum absolute atomic E-state index is 12.7. The molecule has 0 unspecified atom stereocenters. The highest BCUT2D eigenvalue weighted by Gasteiger charge is 2.22. The van der Waals surface area contributed by atoms with Crippen molar-refractivity contribution in [3.05, 3.63) is 76.6 Å². The molecule has 3 aromatic rings. The number of anilines is 1. The molecule has 4 heteroatoms. The normalized spacial score (nSPS) is 15.9. The Morgan fingerprint density at radius 3 is 2.37 bits per heavy atom. The van der Waals surface area contributed by atoms with Crippen LogP contribution in [-0.4, -0.2) is 36.7 Å². The van der Waals surface area contributed by atoms with Crippen LogP contribution in [-0.2, 0) is 6.54 Å². The Labute approximate surface area is 160 Å². The number of hydrogen-bond acceptors (Lipinski definition) is 3. The molecule has 0 atom stereocenters. The minimum atomic E-state index is 0.111. The van der Waals surface area contributed by atoms with Crippen molar-refractivity contribution in [2.45, 2.75) is 25.4 Å². The van der Waals surface area contributed by atoms with Gasteiger partial charge in [-0.15, -0.1) is 0 Å². The zero-order chi connectivity index (χ0) is 18.8. The molecule has 0 N–H and O–H groups in total. The van der Waals surface area contributed by atoms with Gasteiger partial charge in [-0.1, -0.05) is 36.4 Å². The van der Waals surface area contributed by atoms with Gasteiger partial charge >= 0.3 is 0 Å². The van der Waals surface area contributed by atoms with E-state index in [2.05, 4.69) is 58.3 Å². The lowest BCUT2D eigenvalue weighted by atomic mass is 10.0. The lowest BCUT2D eigenvalue weighted by Crippen LogP contribution is -2.37. The van der Waals surface area contributed by atoms with E-state index in [1.807, 2.05) is 24.7 Å². The quantitative estimate of drug-likeness (QED) is 0.705. The summed E-state index contributed by atoms with van der Waals surface area (Å²) in [5.74, 6) is 0. The predicted molar refractivity (Wildman–Crippen MR) is 113 cm³/mol. The molecule has 2 heterocycles. The zero-order valence-electron chi connectivity index (χ0n) is 16.1. The SMILES string of the molecule is CN(C)c1ccc2ccc(=O)n(C3CCN(Cc4ccccc4)CC3)c2c1. The first-order valence-electron chi connectivity index (χ1n) is 9.71. The van der Waals surface area contributed by atoms with E-state index in [1.165, 1.54) is 5.56 Å². The Balaban J connectivity index is 1.57. The third-order valence-corrected chi connectivity index (χ3v) is 5.60. The van der Waals surface area contributed by atoms with Gasteiger partial charge in [0.15, 0.2) is 0 Å². The van der Waals surface area contributed by atoms with Crippen molar-refractivity contribution in [1.29, 1.82) is 0 Å². The number of hydrogen-bond donors (Lipinski definition) is 0. The summed E-state index contributed by atoms with van der Waals surface area (Å²) in [6.45, 7) is 3.04. The van der Waals surface area contributed by atoms with Gasteiger partial charge in [-0.25, -0.2) is 0 Å². The Hall–Kier alpha value is -2.59. The van der Waals surface area contributed by atoms with E-state index in [1.54, 1.807) is 6.07 Å². The van der Waals surface area contributed by atoms with Crippen LogP contribution in [0, 0.1) is 0 Å². The predicted octanol–water partition coefficient (Wildman–Crippen LogP) is 3.90. The lowest BCUT2D eigenvalue weighted by molar-refractivity contribution is 0.180. The van der Waals surface area contributed by atoms with Crippen molar-refractivity contribution in [3.8, 4) is 0 Å². The summed E-state index contributed by atoms with van der Waals surface area (Å²) in [6.07, 6.45) is 2.02. The van der Waals surface area contributed by atoms with Gasteiger partial charge in [-0.3, -0.25) is 9.69 Å². The average Bonchev–Trinajstić information content (AvgIpc) is 2.69. The summed E-state index contributed by atoms with van der Waals surface area (Å²) < 4.78 is 2.03. The molecular weight excluding hydrogens is 334 g/mol. The highest BCUT2D eigenvalue weighted by atomic mass is 16.1. The van der Waals surface area contributed by atoms with Crippen molar-refractivity contribution < 1.29 is 0 Å². The third kappa shape index (κ3) is 3.76. The van der Waals surface area contributed by atoms with Gasteiger partial charge in [0.2, 0.25) is 0 Å². The maximum Gasteiger partial charge on any atom is 0.251 e. The molecule has 0 aliphatic carbocycles. The molecule has 0 amide bonds. The number of aromatic nitrogens is 1. The molecule has 1 saturated heterocycles. The molecule has 1 fully saturated rings. The second-order valence-corrected chi connectivity index (χ2v) is 7.67. The molecule has 4 rings (SSSR count). The number of piperidine rings is 1. The van der Waals surface area contributed by atoms with Crippen molar-refractivity contribution in [2.24, 2.45) is 0 Å². The maximum atomic E-state index is 12.7. The molecule has 2 aromatic carbocycles. The number of benzene rings is 2. The van der Waals surface area contributed by atoms with Gasteiger partial charge in [-0.2, -0.15) is 0 Å². The molecule has 0 spiro atoms. The zero-order valence-corrected chi connectivity index (χ0v) is 16.1. The topological polar surface area (TPSA) is 28.5 Å². The third-order valence-electron chi connectivity index (χ3n) is 5.60. The summed E-state index contributed by atoms with van der Waals surface area (Å²) in [4.78, 5) is 17.3. The van der Waals surface area contributed by atoms with Crippen LogP contribution >= 0.6 is 0 Å². The second kappa shape index (κ2) is 7.57. The highest BCUT2D eigenvalue weighted by Crippen LogP contribution is 2.27. The lowest BCUT2D eigenvalue weighted by Gasteiger charge is -2.33. The Morgan fingerprint density at radius 1 is 0.963 bits per heavy atom. The fourth-order valence-corrected chi connectivity index (χ4v) is 4.07. The summed E-state index contributed by atoms with van der Waals surface area (Å²) in [6, 6.07) is 20.9. The summed E-state index contributed by atoms with van der Waals surface area (Å²) in [5, 5.41) is 1.13. The van der Waals surface area contributed by atoms with E-state index in [4.69, 9.17) is 0 Å². The Morgan fingerprint density at radius 2 is 1.67 bits per heavy atom. The fourth-order valence-electron chi connectivity index (χ4n) is 4.07. The molecule has 0 radical (unpaired) electrons. The van der Waals surface area contributed by atoms with Crippen LogP contribution in [0.25, 0.3) is 10.9 Å². The van der Waals surface area contributed by atoms with Crippen molar-refractivity contribution in [3.63, 3.8) is 0 Å². The van der Waals surface area contributed by atoms with Crippen molar-refractivity contribution in [1.82, 2.24) is 9.47 Å². The number of likely N-dealkylation sites (tertiary alicyclic amines) is 1. The van der Waals surface area contributed by atoms with Gasteiger partial charge in [0.1, 0.15) is 0 Å². The van der Waals surface area contributed by atoms with E-state index in [-0.39, 0.29) is 11.6 Å². The number of fused-ring (bicyclic) bond motifs is 1. The minimum absolute atomic E-state index is 0.111. The summed E-state index contributed by atoms with van der Waals surface area (Å²) >= 11 is 0. The van der Waals surface area contributed by atoms with E-state index >= 15 is 0 Å². The highest BCUT2D eigenvalue weighted by molar-refractivity contribution is 5.83. The molecule has 0 bridgehead atoms. The van der Waals surface area contributed by atoms with Crippen molar-refractivity contribution in [2.75, 3.05) is 32.1 Å². The van der Waals surface area contributed by atoms with Gasteiger partial charge < -0.3 is 9.47 Å². The van der Waals surface area contributed by atoms with Crippen LogP contribution in [0.2, 0.25) is 0 Å². The first-order chi connectivity index (χ1) is 13.1. The number of rotatable bonds is 4. The molecule has 27 heavy (non-hydrogen) atoms. The van der Waals surface area contributed by atoms with Crippen LogP contribution in [0.15, 0.2) is 65.5 Å². The summed E-state index contributed by atoms with van der Waals surface area (Å²) in [7, 11) is 4.07. The van der Waals surface area contributed by atoms with E-state index < -0.39 is 0 Å². The van der Waals surface area contributed by atoms with Crippen LogP contribution in [0.1, 0.15) is 24.4 Å². The molecule has 1 aromatic heterocycles. The Bertz CT molecular complexity index is 970. The number of nitrogens with zero attached hydrogens (tertiary/aromatic N) is 3. The van der Waals surface area contributed by atoms with E-state index in [0.717, 1.165) is 49.1 Å². The minimum Gasteiger partial charge on any atom is -0.378 e. The van der Waals surface area contributed by atoms with Gasteiger partial charge in [0.25, 0.3) is 5.56 Å². The van der Waals surface area contributed by atoms with Crippen LogP contribution in [0.5, 0.6) is 0 Å². The van der Waals surface area contributed by atoms with Crippen LogP contribution < -0.4 is 10.5 Å². The second-order valence-electron chi connectivity index (χ2n) is 7.67. The van der Waals surface area contributed by atoms with E-state index in [0.29, 0.717) is 0 Å².